The number of carbonyl (C=O) groups excluding carboxylic acids is 1. The molecule has 1 heterocycles. The van der Waals surface area contributed by atoms with Crippen LogP contribution in [0.5, 0.6) is 0 Å². The number of amides is 1. The Bertz CT molecular complexity index is 574. The van der Waals surface area contributed by atoms with E-state index in [1.54, 1.807) is 0 Å². The summed E-state index contributed by atoms with van der Waals surface area (Å²) < 4.78 is 5.34. The van der Waals surface area contributed by atoms with E-state index in [4.69, 9.17) is 16.0 Å². The molecular formula is C14H14ClNO2. The summed E-state index contributed by atoms with van der Waals surface area (Å²) in [7, 11) is 0. The maximum absolute atomic E-state index is 12.0. The van der Waals surface area contributed by atoms with Gasteiger partial charge in [-0.25, -0.2) is 0 Å². The zero-order chi connectivity index (χ0) is 12.5. The number of fused-ring (bicyclic) bond motifs is 1. The van der Waals surface area contributed by atoms with Crippen molar-refractivity contribution in [1.29, 1.82) is 0 Å². The van der Waals surface area contributed by atoms with Crippen LogP contribution in [0.15, 0.2) is 34.9 Å². The van der Waals surface area contributed by atoms with Gasteiger partial charge in [-0.05, 0) is 24.8 Å². The van der Waals surface area contributed by atoms with Crippen LogP contribution >= 0.6 is 11.6 Å². The Morgan fingerprint density at radius 1 is 1.44 bits per heavy atom. The molecule has 0 radical (unpaired) electrons. The molecule has 4 heteroatoms. The van der Waals surface area contributed by atoms with Gasteiger partial charge < -0.3 is 9.73 Å². The Labute approximate surface area is 110 Å². The van der Waals surface area contributed by atoms with Gasteiger partial charge in [0.2, 0.25) is 0 Å². The van der Waals surface area contributed by atoms with E-state index in [1.807, 2.05) is 24.3 Å². The van der Waals surface area contributed by atoms with Gasteiger partial charge in [0, 0.05) is 11.9 Å². The minimum atomic E-state index is -0.119. The molecule has 1 N–H and O–H groups in total. The number of nitrogens with one attached hydrogen (secondary N) is 1. The van der Waals surface area contributed by atoms with Crippen molar-refractivity contribution in [1.82, 2.24) is 5.32 Å². The zero-order valence-electron chi connectivity index (χ0n) is 9.86. The predicted octanol–water partition coefficient (Wildman–Crippen LogP) is 3.18. The summed E-state index contributed by atoms with van der Waals surface area (Å²) >= 11 is 6.16. The molecule has 0 bridgehead atoms. The number of hydrogen-bond donors (Lipinski definition) is 1. The van der Waals surface area contributed by atoms with Crippen LogP contribution in [-0.4, -0.2) is 17.8 Å². The smallest absolute Gasteiger partial charge is 0.255 e. The fourth-order valence-corrected chi connectivity index (χ4v) is 2.39. The highest BCUT2D eigenvalue weighted by Crippen LogP contribution is 2.35. The van der Waals surface area contributed by atoms with Crippen molar-refractivity contribution in [3.63, 3.8) is 0 Å². The molecule has 1 saturated carbocycles. The second kappa shape index (κ2) is 4.65. The van der Waals surface area contributed by atoms with Crippen molar-refractivity contribution in [2.24, 2.45) is 5.92 Å². The van der Waals surface area contributed by atoms with Gasteiger partial charge in [0.15, 0.2) is 0 Å². The van der Waals surface area contributed by atoms with E-state index in [0.29, 0.717) is 18.0 Å². The Hall–Kier alpha value is -1.48. The summed E-state index contributed by atoms with van der Waals surface area (Å²) in [4.78, 5) is 12.0. The zero-order valence-corrected chi connectivity index (χ0v) is 10.6. The summed E-state index contributed by atoms with van der Waals surface area (Å²) in [5.74, 6) is 0.458. The standard InChI is InChI=1S/C14H14ClNO2/c15-12(9-5-6-9)7-16-14(17)11-8-18-13-4-2-1-3-10(11)13/h1-4,8-9,12H,5-7H2,(H,16,17). The fraction of sp³-hybridized carbons (Fsp3) is 0.357. The summed E-state index contributed by atoms with van der Waals surface area (Å²) in [6, 6.07) is 7.51. The molecule has 1 aromatic heterocycles. The molecule has 1 fully saturated rings. The third kappa shape index (κ3) is 2.23. The molecule has 1 aliphatic carbocycles. The van der Waals surface area contributed by atoms with E-state index in [0.717, 1.165) is 11.0 Å². The number of benzene rings is 1. The number of furan rings is 1. The first-order valence-corrected chi connectivity index (χ1v) is 6.58. The molecule has 1 aromatic carbocycles. The molecule has 0 saturated heterocycles. The van der Waals surface area contributed by atoms with Crippen molar-refractivity contribution in [3.8, 4) is 0 Å². The maximum atomic E-state index is 12.0. The van der Waals surface area contributed by atoms with Gasteiger partial charge in [0.25, 0.3) is 5.91 Å². The number of halogens is 1. The van der Waals surface area contributed by atoms with E-state index in [-0.39, 0.29) is 11.3 Å². The van der Waals surface area contributed by atoms with Crippen LogP contribution in [-0.2, 0) is 0 Å². The second-order valence-electron chi connectivity index (χ2n) is 4.71. The molecule has 1 amide bonds. The topological polar surface area (TPSA) is 42.2 Å². The van der Waals surface area contributed by atoms with Crippen molar-refractivity contribution in [2.75, 3.05) is 6.54 Å². The lowest BCUT2D eigenvalue weighted by Crippen LogP contribution is -2.30. The average molecular weight is 264 g/mol. The quantitative estimate of drug-likeness (QED) is 0.861. The number of para-hydroxylation sites is 1. The van der Waals surface area contributed by atoms with Gasteiger partial charge in [-0.15, -0.1) is 11.6 Å². The van der Waals surface area contributed by atoms with E-state index in [9.17, 15) is 4.79 Å². The average Bonchev–Trinajstić information content (AvgIpc) is 3.15. The minimum Gasteiger partial charge on any atom is -0.463 e. The third-order valence-corrected chi connectivity index (χ3v) is 3.83. The van der Waals surface area contributed by atoms with Gasteiger partial charge in [0.1, 0.15) is 11.8 Å². The number of alkyl halides is 1. The van der Waals surface area contributed by atoms with Crippen molar-refractivity contribution in [2.45, 2.75) is 18.2 Å². The Kier molecular flexibility index (Phi) is 3.00. The van der Waals surface area contributed by atoms with E-state index in [1.165, 1.54) is 19.1 Å². The minimum absolute atomic E-state index is 0.0483. The lowest BCUT2D eigenvalue weighted by atomic mass is 10.1. The van der Waals surface area contributed by atoms with Crippen LogP contribution in [0, 0.1) is 5.92 Å². The number of carbonyl (C=O) groups is 1. The highest BCUT2D eigenvalue weighted by atomic mass is 35.5. The summed E-state index contributed by atoms with van der Waals surface area (Å²) in [6.07, 6.45) is 3.86. The first-order valence-electron chi connectivity index (χ1n) is 6.14. The highest BCUT2D eigenvalue weighted by molar-refractivity contribution is 6.21. The fourth-order valence-electron chi connectivity index (χ4n) is 2.06. The summed E-state index contributed by atoms with van der Waals surface area (Å²) in [6.45, 7) is 0.518. The van der Waals surface area contributed by atoms with E-state index >= 15 is 0 Å². The molecule has 1 atom stereocenters. The first-order chi connectivity index (χ1) is 8.75. The van der Waals surface area contributed by atoms with Gasteiger partial charge in [-0.3, -0.25) is 4.79 Å². The molecule has 3 nitrogen and oxygen atoms in total. The second-order valence-corrected chi connectivity index (χ2v) is 5.27. The molecule has 1 unspecified atom stereocenters. The van der Waals surface area contributed by atoms with Crippen molar-refractivity contribution >= 4 is 28.5 Å². The van der Waals surface area contributed by atoms with Crippen molar-refractivity contribution < 1.29 is 9.21 Å². The molecule has 2 aromatic rings. The summed E-state index contributed by atoms with van der Waals surface area (Å²) in [5.41, 5.74) is 1.30. The van der Waals surface area contributed by atoms with Gasteiger partial charge in [-0.2, -0.15) is 0 Å². The summed E-state index contributed by atoms with van der Waals surface area (Å²) in [5, 5.41) is 3.76. The number of rotatable bonds is 4. The third-order valence-electron chi connectivity index (χ3n) is 3.32. The molecule has 18 heavy (non-hydrogen) atoms. The molecule has 0 aliphatic heterocycles. The molecule has 1 aliphatic rings. The monoisotopic (exact) mass is 263 g/mol. The lowest BCUT2D eigenvalue weighted by molar-refractivity contribution is 0.0954. The number of hydrogen-bond acceptors (Lipinski definition) is 2. The molecular weight excluding hydrogens is 250 g/mol. The van der Waals surface area contributed by atoms with Gasteiger partial charge in [0.05, 0.1) is 10.9 Å². The van der Waals surface area contributed by atoms with Crippen LogP contribution in [0.2, 0.25) is 0 Å². The SMILES string of the molecule is O=C(NCC(Cl)C1CC1)c1coc2ccccc12. The van der Waals surface area contributed by atoms with Crippen LogP contribution in [0.4, 0.5) is 0 Å². The lowest BCUT2D eigenvalue weighted by Gasteiger charge is -2.08. The Balaban J connectivity index is 1.71. The van der Waals surface area contributed by atoms with Gasteiger partial charge >= 0.3 is 0 Å². The van der Waals surface area contributed by atoms with Crippen LogP contribution < -0.4 is 5.32 Å². The van der Waals surface area contributed by atoms with E-state index < -0.39 is 0 Å². The molecule has 94 valence electrons. The predicted molar refractivity (Wildman–Crippen MR) is 70.9 cm³/mol. The van der Waals surface area contributed by atoms with Crippen LogP contribution in [0.3, 0.4) is 0 Å². The Morgan fingerprint density at radius 3 is 3.00 bits per heavy atom. The van der Waals surface area contributed by atoms with Crippen molar-refractivity contribution in [3.05, 3.63) is 36.1 Å². The van der Waals surface area contributed by atoms with Crippen LogP contribution in [0.1, 0.15) is 23.2 Å². The Morgan fingerprint density at radius 2 is 2.22 bits per heavy atom. The van der Waals surface area contributed by atoms with Crippen LogP contribution in [0.25, 0.3) is 11.0 Å². The highest BCUT2D eigenvalue weighted by Gasteiger charge is 2.29. The van der Waals surface area contributed by atoms with Gasteiger partial charge in [-0.1, -0.05) is 18.2 Å². The molecule has 0 spiro atoms. The van der Waals surface area contributed by atoms with E-state index in [2.05, 4.69) is 5.32 Å². The maximum Gasteiger partial charge on any atom is 0.255 e. The normalized spacial score (nSPS) is 16.7. The largest absolute Gasteiger partial charge is 0.463 e. The molecule has 3 rings (SSSR count). The first kappa shape index (κ1) is 11.6.